The molecule has 0 radical (unpaired) electrons. The molecule has 0 aromatic carbocycles. The first kappa shape index (κ1) is 12.2. The predicted octanol–water partition coefficient (Wildman–Crippen LogP) is 0.0532. The van der Waals surface area contributed by atoms with Crippen LogP contribution in [0, 0.1) is 0 Å². The Hall–Kier alpha value is -1.82. The van der Waals surface area contributed by atoms with Gasteiger partial charge < -0.3 is 9.88 Å². The number of nitrogens with one attached hydrogen (secondary N) is 1. The average molecular weight is 261 g/mol. The molecule has 2 unspecified atom stereocenters. The summed E-state index contributed by atoms with van der Waals surface area (Å²) >= 11 is 0. The molecule has 1 aliphatic heterocycles. The quantitative estimate of drug-likeness (QED) is 0.788. The van der Waals surface area contributed by atoms with Crippen molar-refractivity contribution in [1.29, 1.82) is 0 Å². The van der Waals surface area contributed by atoms with Gasteiger partial charge in [-0.25, -0.2) is 0 Å². The molecule has 6 heteroatoms. The molecule has 0 aliphatic carbocycles. The Morgan fingerprint density at radius 3 is 2.95 bits per heavy atom. The van der Waals surface area contributed by atoms with Crippen LogP contribution >= 0.6 is 0 Å². The Kier molecular flexibility index (Phi) is 2.82. The molecule has 1 saturated heterocycles. The smallest absolute Gasteiger partial charge is 0.250 e. The summed E-state index contributed by atoms with van der Waals surface area (Å²) in [4.78, 5) is 13.5. The van der Waals surface area contributed by atoms with Crippen LogP contribution in [0.15, 0.2) is 23.1 Å². The molecule has 0 spiro atoms. The molecule has 0 saturated carbocycles. The summed E-state index contributed by atoms with van der Waals surface area (Å²) in [6.07, 6.45) is 1.94. The van der Waals surface area contributed by atoms with Crippen molar-refractivity contribution in [3.8, 4) is 0 Å². The molecule has 102 valence electrons. The van der Waals surface area contributed by atoms with Gasteiger partial charge >= 0.3 is 0 Å². The average Bonchev–Trinajstić information content (AvgIpc) is 2.81. The first-order valence-electron chi connectivity index (χ1n) is 6.62. The fourth-order valence-corrected chi connectivity index (χ4v) is 2.54. The number of hydrogen-bond donors (Lipinski definition) is 1. The van der Waals surface area contributed by atoms with Gasteiger partial charge in [0.1, 0.15) is 5.52 Å². The van der Waals surface area contributed by atoms with Crippen molar-refractivity contribution in [2.45, 2.75) is 25.9 Å². The molecule has 0 bridgehead atoms. The van der Waals surface area contributed by atoms with Gasteiger partial charge in [0, 0.05) is 25.7 Å². The highest BCUT2D eigenvalue weighted by Crippen LogP contribution is 2.12. The molecular weight excluding hydrogens is 242 g/mol. The number of fused-ring (bicyclic) bond motifs is 1. The largest absolute Gasteiger partial charge is 0.310 e. The van der Waals surface area contributed by atoms with E-state index < -0.39 is 0 Å². The van der Waals surface area contributed by atoms with Crippen molar-refractivity contribution < 1.29 is 0 Å². The van der Waals surface area contributed by atoms with E-state index in [0.29, 0.717) is 12.1 Å². The first-order chi connectivity index (χ1) is 9.06. The number of hydrogen-bond acceptors (Lipinski definition) is 4. The van der Waals surface area contributed by atoms with Gasteiger partial charge in [0.25, 0.3) is 5.56 Å². The Bertz CT molecular complexity index is 659. The lowest BCUT2D eigenvalue weighted by atomic mass is 10.2. The van der Waals surface area contributed by atoms with E-state index in [2.05, 4.69) is 29.3 Å². The zero-order valence-electron chi connectivity index (χ0n) is 11.5. The monoisotopic (exact) mass is 261 g/mol. The lowest BCUT2D eigenvalue weighted by Gasteiger charge is -2.38. The SMILES string of the molecule is CC1CN(n2cc3c(ccc(=O)n3C)n2)C(C)CN1. The maximum Gasteiger partial charge on any atom is 0.250 e. The van der Waals surface area contributed by atoms with Gasteiger partial charge in [-0.2, -0.15) is 9.89 Å². The predicted molar refractivity (Wildman–Crippen MR) is 75.0 cm³/mol. The molecule has 3 heterocycles. The van der Waals surface area contributed by atoms with Gasteiger partial charge in [0.15, 0.2) is 0 Å². The van der Waals surface area contributed by atoms with Crippen molar-refractivity contribution in [3.05, 3.63) is 28.7 Å². The van der Waals surface area contributed by atoms with Crippen molar-refractivity contribution in [3.63, 3.8) is 0 Å². The molecular formula is C13H19N5O. The van der Waals surface area contributed by atoms with Crippen LogP contribution in [0.5, 0.6) is 0 Å². The summed E-state index contributed by atoms with van der Waals surface area (Å²) in [7, 11) is 1.78. The molecule has 2 aromatic rings. The van der Waals surface area contributed by atoms with E-state index in [0.717, 1.165) is 24.1 Å². The fourth-order valence-electron chi connectivity index (χ4n) is 2.54. The van der Waals surface area contributed by atoms with E-state index in [1.54, 1.807) is 23.7 Å². The van der Waals surface area contributed by atoms with Gasteiger partial charge in [0.2, 0.25) is 0 Å². The van der Waals surface area contributed by atoms with Gasteiger partial charge in [-0.05, 0) is 19.9 Å². The topological polar surface area (TPSA) is 55.1 Å². The zero-order valence-corrected chi connectivity index (χ0v) is 11.5. The molecule has 2 aromatic heterocycles. The Balaban J connectivity index is 2.05. The van der Waals surface area contributed by atoms with Gasteiger partial charge in [-0.3, -0.25) is 9.80 Å². The molecule has 3 rings (SSSR count). The van der Waals surface area contributed by atoms with Crippen LogP contribution in [0.2, 0.25) is 0 Å². The summed E-state index contributed by atoms with van der Waals surface area (Å²) < 4.78 is 1.63. The van der Waals surface area contributed by atoms with E-state index in [4.69, 9.17) is 0 Å². The number of nitrogens with zero attached hydrogens (tertiary/aromatic N) is 4. The lowest BCUT2D eigenvalue weighted by Crippen LogP contribution is -2.58. The van der Waals surface area contributed by atoms with E-state index >= 15 is 0 Å². The van der Waals surface area contributed by atoms with Crippen LogP contribution in [-0.4, -0.2) is 39.6 Å². The summed E-state index contributed by atoms with van der Waals surface area (Å²) in [5.41, 5.74) is 1.71. The Morgan fingerprint density at radius 1 is 1.37 bits per heavy atom. The summed E-state index contributed by atoms with van der Waals surface area (Å²) in [5.74, 6) is 0. The zero-order chi connectivity index (χ0) is 13.6. The third-order valence-corrected chi connectivity index (χ3v) is 3.78. The third-order valence-electron chi connectivity index (χ3n) is 3.78. The molecule has 1 N–H and O–H groups in total. The second-order valence-electron chi connectivity index (χ2n) is 5.33. The van der Waals surface area contributed by atoms with Gasteiger partial charge in [-0.15, -0.1) is 0 Å². The van der Waals surface area contributed by atoms with Crippen molar-refractivity contribution in [1.82, 2.24) is 19.8 Å². The molecule has 0 amide bonds. The van der Waals surface area contributed by atoms with Crippen molar-refractivity contribution in [2.75, 3.05) is 18.1 Å². The van der Waals surface area contributed by atoms with Crippen LogP contribution < -0.4 is 15.9 Å². The number of aryl methyl sites for hydroxylation is 1. The Morgan fingerprint density at radius 2 is 2.16 bits per heavy atom. The van der Waals surface area contributed by atoms with Gasteiger partial charge in [0.05, 0.1) is 24.3 Å². The van der Waals surface area contributed by atoms with Crippen LogP contribution in [0.4, 0.5) is 0 Å². The molecule has 1 aliphatic rings. The minimum absolute atomic E-state index is 0.00576. The van der Waals surface area contributed by atoms with Crippen molar-refractivity contribution in [2.24, 2.45) is 7.05 Å². The fraction of sp³-hybridized carbons (Fsp3) is 0.538. The highest BCUT2D eigenvalue weighted by molar-refractivity contribution is 5.73. The Labute approximate surface area is 111 Å². The van der Waals surface area contributed by atoms with Crippen molar-refractivity contribution >= 4 is 11.0 Å². The number of aromatic nitrogens is 3. The number of pyridine rings is 1. The second kappa shape index (κ2) is 4.38. The molecule has 19 heavy (non-hydrogen) atoms. The van der Waals surface area contributed by atoms with Crippen LogP contribution in [0.3, 0.4) is 0 Å². The summed E-state index contributed by atoms with van der Waals surface area (Å²) in [6.45, 7) is 6.18. The molecule has 6 nitrogen and oxygen atoms in total. The van der Waals surface area contributed by atoms with E-state index in [1.165, 1.54) is 0 Å². The first-order valence-corrected chi connectivity index (χ1v) is 6.62. The molecule has 2 atom stereocenters. The summed E-state index contributed by atoms with van der Waals surface area (Å²) in [5, 5.41) is 10.3. The standard InChI is InChI=1S/C13H19N5O/c1-9-7-17(10(2)6-14-9)18-8-12-11(15-18)4-5-13(19)16(12)3/h4-5,8-10,14H,6-7H2,1-3H3. The number of piperazine rings is 1. The van der Waals surface area contributed by atoms with Gasteiger partial charge in [-0.1, -0.05) is 0 Å². The normalized spacial score (nSPS) is 24.1. The highest BCUT2D eigenvalue weighted by Gasteiger charge is 2.23. The second-order valence-corrected chi connectivity index (χ2v) is 5.33. The maximum atomic E-state index is 11.6. The molecule has 1 fully saturated rings. The minimum atomic E-state index is -0.00576. The van der Waals surface area contributed by atoms with Crippen LogP contribution in [-0.2, 0) is 7.05 Å². The number of rotatable bonds is 1. The van der Waals surface area contributed by atoms with E-state index in [-0.39, 0.29) is 5.56 Å². The van der Waals surface area contributed by atoms with E-state index in [9.17, 15) is 4.79 Å². The summed E-state index contributed by atoms with van der Waals surface area (Å²) in [6, 6.07) is 4.16. The van der Waals surface area contributed by atoms with Crippen LogP contribution in [0.1, 0.15) is 13.8 Å². The maximum absolute atomic E-state index is 11.6. The highest BCUT2D eigenvalue weighted by atomic mass is 16.1. The lowest BCUT2D eigenvalue weighted by molar-refractivity contribution is 0.345. The van der Waals surface area contributed by atoms with E-state index in [1.807, 2.05) is 11.0 Å². The minimum Gasteiger partial charge on any atom is -0.310 e. The third kappa shape index (κ3) is 2.02. The van der Waals surface area contributed by atoms with Crippen LogP contribution in [0.25, 0.3) is 11.0 Å².